The van der Waals surface area contributed by atoms with Crippen molar-refractivity contribution in [3.8, 4) is 0 Å². The molecule has 3 N–H and O–H groups in total. The fraction of sp³-hybridized carbons (Fsp3) is 0.417. The van der Waals surface area contributed by atoms with Gasteiger partial charge in [0.1, 0.15) is 0 Å². The zero-order valence-corrected chi connectivity index (χ0v) is 11.1. The summed E-state index contributed by atoms with van der Waals surface area (Å²) < 4.78 is 0.983. The Morgan fingerprint density at radius 1 is 1.38 bits per heavy atom. The molecule has 0 aliphatic rings. The van der Waals surface area contributed by atoms with Gasteiger partial charge in [-0.1, -0.05) is 29.8 Å². The van der Waals surface area contributed by atoms with Crippen LogP contribution in [0, 0.1) is 5.92 Å². The fourth-order valence-corrected chi connectivity index (χ4v) is 1.65. The van der Waals surface area contributed by atoms with Gasteiger partial charge in [0.25, 0.3) is 0 Å². The minimum atomic E-state index is -0.441. The quantitative estimate of drug-likeness (QED) is 0.893. The molecule has 0 saturated carbocycles. The molecule has 3 nitrogen and oxygen atoms in total. The highest BCUT2D eigenvalue weighted by Gasteiger charge is 2.14. The van der Waals surface area contributed by atoms with Crippen LogP contribution in [0.2, 0.25) is 0 Å². The van der Waals surface area contributed by atoms with Crippen LogP contribution in [0.1, 0.15) is 20.3 Å². The molecule has 1 aromatic rings. The van der Waals surface area contributed by atoms with Crippen molar-refractivity contribution in [2.45, 2.75) is 26.3 Å². The van der Waals surface area contributed by atoms with E-state index in [1.165, 1.54) is 0 Å². The van der Waals surface area contributed by atoms with E-state index in [9.17, 15) is 4.79 Å². The maximum atomic E-state index is 11.7. The van der Waals surface area contributed by atoms with Crippen molar-refractivity contribution in [1.29, 1.82) is 0 Å². The van der Waals surface area contributed by atoms with Gasteiger partial charge < -0.3 is 11.1 Å². The van der Waals surface area contributed by atoms with E-state index in [4.69, 9.17) is 5.73 Å². The Bertz CT molecular complexity index is 349. The molecule has 1 rings (SSSR count). The lowest BCUT2D eigenvalue weighted by molar-refractivity contribution is -0.117. The molecule has 0 fully saturated rings. The standard InChI is InChI=1S/C12H17BrN2O/c1-8(2)7-11(14)12(16)15-10-5-3-9(13)4-6-10/h3-6,8,11H,7,14H2,1-2H3,(H,15,16). The topological polar surface area (TPSA) is 55.1 Å². The normalized spacial score (nSPS) is 12.6. The minimum absolute atomic E-state index is 0.129. The number of nitrogens with two attached hydrogens (primary N) is 1. The average molecular weight is 285 g/mol. The summed E-state index contributed by atoms with van der Waals surface area (Å²) in [6.45, 7) is 4.10. The minimum Gasteiger partial charge on any atom is -0.325 e. The third-order valence-corrected chi connectivity index (χ3v) is 2.70. The molecule has 0 aromatic heterocycles. The second-order valence-electron chi connectivity index (χ2n) is 4.23. The van der Waals surface area contributed by atoms with E-state index >= 15 is 0 Å². The van der Waals surface area contributed by atoms with E-state index in [-0.39, 0.29) is 5.91 Å². The summed E-state index contributed by atoms with van der Waals surface area (Å²) in [6, 6.07) is 6.99. The number of halogens is 1. The van der Waals surface area contributed by atoms with E-state index in [1.54, 1.807) is 0 Å². The fourth-order valence-electron chi connectivity index (χ4n) is 1.38. The molecule has 1 amide bonds. The smallest absolute Gasteiger partial charge is 0.241 e. The first-order valence-electron chi connectivity index (χ1n) is 5.31. The van der Waals surface area contributed by atoms with Gasteiger partial charge in [-0.3, -0.25) is 4.79 Å². The molecule has 0 aliphatic heterocycles. The number of rotatable bonds is 4. The highest BCUT2D eigenvalue weighted by Crippen LogP contribution is 2.14. The van der Waals surface area contributed by atoms with Crippen molar-refractivity contribution in [2.75, 3.05) is 5.32 Å². The Hall–Kier alpha value is -0.870. The Labute approximate surface area is 105 Å². The second kappa shape index (κ2) is 6.01. The number of hydrogen-bond acceptors (Lipinski definition) is 2. The van der Waals surface area contributed by atoms with Crippen LogP contribution in [-0.2, 0) is 4.79 Å². The maximum Gasteiger partial charge on any atom is 0.241 e. The molecule has 1 aromatic carbocycles. The first-order chi connectivity index (χ1) is 7.49. The molecule has 0 radical (unpaired) electrons. The number of hydrogen-bond donors (Lipinski definition) is 2. The molecule has 0 heterocycles. The second-order valence-corrected chi connectivity index (χ2v) is 5.15. The highest BCUT2D eigenvalue weighted by molar-refractivity contribution is 9.10. The van der Waals surface area contributed by atoms with Crippen molar-refractivity contribution >= 4 is 27.5 Å². The molecule has 1 atom stereocenters. The Morgan fingerprint density at radius 2 is 1.94 bits per heavy atom. The largest absolute Gasteiger partial charge is 0.325 e. The third-order valence-electron chi connectivity index (χ3n) is 2.17. The van der Waals surface area contributed by atoms with Gasteiger partial charge in [-0.2, -0.15) is 0 Å². The summed E-state index contributed by atoms with van der Waals surface area (Å²) in [5.41, 5.74) is 6.55. The Balaban J connectivity index is 2.54. The lowest BCUT2D eigenvalue weighted by Gasteiger charge is -2.14. The van der Waals surface area contributed by atoms with Crippen LogP contribution in [0.5, 0.6) is 0 Å². The predicted molar refractivity (Wildman–Crippen MR) is 70.2 cm³/mol. The van der Waals surface area contributed by atoms with Crippen LogP contribution >= 0.6 is 15.9 Å². The molecular weight excluding hydrogens is 268 g/mol. The first kappa shape index (κ1) is 13.2. The number of carbonyl (C=O) groups is 1. The monoisotopic (exact) mass is 284 g/mol. The lowest BCUT2D eigenvalue weighted by Crippen LogP contribution is -2.36. The molecular formula is C12H17BrN2O. The first-order valence-corrected chi connectivity index (χ1v) is 6.10. The number of benzene rings is 1. The summed E-state index contributed by atoms with van der Waals surface area (Å²) in [6.07, 6.45) is 0.697. The van der Waals surface area contributed by atoms with Crippen LogP contribution in [0.4, 0.5) is 5.69 Å². The van der Waals surface area contributed by atoms with Crippen molar-refractivity contribution in [3.05, 3.63) is 28.7 Å². The summed E-state index contributed by atoms with van der Waals surface area (Å²) in [5.74, 6) is 0.293. The van der Waals surface area contributed by atoms with Gasteiger partial charge in [-0.05, 0) is 36.6 Å². The van der Waals surface area contributed by atoms with Gasteiger partial charge in [-0.15, -0.1) is 0 Å². The van der Waals surface area contributed by atoms with Gasteiger partial charge in [-0.25, -0.2) is 0 Å². The van der Waals surface area contributed by atoms with E-state index in [2.05, 4.69) is 21.2 Å². The number of carbonyl (C=O) groups excluding carboxylic acids is 1. The molecule has 16 heavy (non-hydrogen) atoms. The zero-order chi connectivity index (χ0) is 12.1. The van der Waals surface area contributed by atoms with Crippen LogP contribution in [0.3, 0.4) is 0 Å². The van der Waals surface area contributed by atoms with Crippen LogP contribution in [-0.4, -0.2) is 11.9 Å². The summed E-state index contributed by atoms with van der Waals surface area (Å²) >= 11 is 3.34. The van der Waals surface area contributed by atoms with Gasteiger partial charge in [0.05, 0.1) is 6.04 Å². The SMILES string of the molecule is CC(C)CC(N)C(=O)Nc1ccc(Br)cc1. The summed E-state index contributed by atoms with van der Waals surface area (Å²) in [4.78, 5) is 11.7. The summed E-state index contributed by atoms with van der Waals surface area (Å²) in [7, 11) is 0. The van der Waals surface area contributed by atoms with Crippen molar-refractivity contribution in [3.63, 3.8) is 0 Å². The van der Waals surface area contributed by atoms with Gasteiger partial charge in [0.15, 0.2) is 0 Å². The molecule has 0 aliphatic carbocycles. The van der Waals surface area contributed by atoms with Gasteiger partial charge >= 0.3 is 0 Å². The van der Waals surface area contributed by atoms with Crippen LogP contribution < -0.4 is 11.1 Å². The average Bonchev–Trinajstić information content (AvgIpc) is 2.20. The number of amides is 1. The molecule has 0 saturated heterocycles. The Kier molecular flexibility index (Phi) is 4.96. The highest BCUT2D eigenvalue weighted by atomic mass is 79.9. The predicted octanol–water partition coefficient (Wildman–Crippen LogP) is 2.76. The Morgan fingerprint density at radius 3 is 2.44 bits per heavy atom. The molecule has 1 unspecified atom stereocenters. The summed E-state index contributed by atoms with van der Waals surface area (Å²) in [5, 5.41) is 2.79. The number of anilines is 1. The van der Waals surface area contributed by atoms with Crippen molar-refractivity contribution in [1.82, 2.24) is 0 Å². The molecule has 88 valence electrons. The molecule has 0 spiro atoms. The van der Waals surface area contributed by atoms with E-state index in [1.807, 2.05) is 38.1 Å². The third kappa shape index (κ3) is 4.33. The van der Waals surface area contributed by atoms with E-state index in [0.717, 1.165) is 10.2 Å². The molecule has 0 bridgehead atoms. The van der Waals surface area contributed by atoms with Crippen LogP contribution in [0.25, 0.3) is 0 Å². The van der Waals surface area contributed by atoms with E-state index < -0.39 is 6.04 Å². The maximum absolute atomic E-state index is 11.7. The zero-order valence-electron chi connectivity index (χ0n) is 9.53. The lowest BCUT2D eigenvalue weighted by atomic mass is 10.0. The number of nitrogens with one attached hydrogen (secondary N) is 1. The molecule has 4 heteroatoms. The van der Waals surface area contributed by atoms with E-state index in [0.29, 0.717) is 12.3 Å². The van der Waals surface area contributed by atoms with Gasteiger partial charge in [0.2, 0.25) is 5.91 Å². The van der Waals surface area contributed by atoms with Crippen molar-refractivity contribution in [2.24, 2.45) is 11.7 Å². The van der Waals surface area contributed by atoms with Crippen molar-refractivity contribution < 1.29 is 4.79 Å². The van der Waals surface area contributed by atoms with Gasteiger partial charge in [0, 0.05) is 10.2 Å². The van der Waals surface area contributed by atoms with Crippen LogP contribution in [0.15, 0.2) is 28.7 Å².